The van der Waals surface area contributed by atoms with Gasteiger partial charge >= 0.3 is 0 Å². The smallest absolute Gasteiger partial charge is 0.186 e. The van der Waals surface area contributed by atoms with E-state index in [4.69, 9.17) is 0 Å². The summed E-state index contributed by atoms with van der Waals surface area (Å²) in [5, 5.41) is 8.66. The number of benzene rings is 3. The molecule has 2 heterocycles. The number of aromatic nitrogens is 4. The van der Waals surface area contributed by atoms with Crippen LogP contribution < -0.4 is 5.32 Å². The van der Waals surface area contributed by atoms with Crippen molar-refractivity contribution in [1.29, 1.82) is 0 Å². The lowest BCUT2D eigenvalue weighted by atomic mass is 9.95. The Hall–Kier alpha value is -4.03. The van der Waals surface area contributed by atoms with Gasteiger partial charge in [-0.2, -0.15) is 5.10 Å². The first-order chi connectivity index (χ1) is 15.7. The van der Waals surface area contributed by atoms with Crippen LogP contribution in [0.2, 0.25) is 0 Å². The number of carbonyl (C=O) groups excluding carboxylic acids is 1. The van der Waals surface area contributed by atoms with E-state index >= 15 is 0 Å². The number of hydrogen-bond donors (Lipinski definition) is 2. The highest BCUT2D eigenvalue weighted by atomic mass is 16.1. The molecule has 0 amide bonds. The van der Waals surface area contributed by atoms with Gasteiger partial charge in [0.1, 0.15) is 12.7 Å². The van der Waals surface area contributed by atoms with E-state index in [1.165, 1.54) is 6.33 Å². The van der Waals surface area contributed by atoms with Crippen molar-refractivity contribution < 1.29 is 4.79 Å². The predicted molar refractivity (Wildman–Crippen MR) is 125 cm³/mol. The third-order valence-corrected chi connectivity index (χ3v) is 5.74. The lowest BCUT2D eigenvalue weighted by Crippen LogP contribution is -2.31. The first kappa shape index (κ1) is 19.9. The van der Waals surface area contributed by atoms with Crippen molar-refractivity contribution in [3.63, 3.8) is 0 Å². The minimum Gasteiger partial charge on any atom is -0.360 e. The van der Waals surface area contributed by atoms with E-state index in [-0.39, 0.29) is 11.8 Å². The summed E-state index contributed by atoms with van der Waals surface area (Å²) in [6.07, 6.45) is 4.99. The summed E-state index contributed by atoms with van der Waals surface area (Å²) in [5.41, 5.74) is 4.61. The molecule has 0 radical (unpaired) electrons. The minimum atomic E-state index is -0.472. The molecule has 2 aromatic heterocycles. The molecule has 0 saturated carbocycles. The molecule has 6 nitrogen and oxygen atoms in total. The highest BCUT2D eigenvalue weighted by Gasteiger charge is 2.26. The summed E-state index contributed by atoms with van der Waals surface area (Å²) < 4.78 is 1.72. The van der Waals surface area contributed by atoms with Gasteiger partial charge in [-0.3, -0.25) is 10.1 Å². The van der Waals surface area contributed by atoms with Crippen molar-refractivity contribution in [2.24, 2.45) is 0 Å². The van der Waals surface area contributed by atoms with E-state index in [9.17, 15) is 4.79 Å². The number of H-pyrrole nitrogens is 1. The molecule has 5 rings (SSSR count). The van der Waals surface area contributed by atoms with Gasteiger partial charge in [-0.1, -0.05) is 60.7 Å². The fraction of sp³-hybridized carbons (Fsp3) is 0.115. The maximum absolute atomic E-state index is 13.7. The number of rotatable bonds is 7. The SMILES string of the molecule is C[C@H](N[C@@H](C(=O)c1c[nH]c2ccccc12)c1ccccc1)c1ccc(-n2cncn2)cc1. The van der Waals surface area contributed by atoms with Crippen LogP contribution in [-0.2, 0) is 0 Å². The normalized spacial score (nSPS) is 13.2. The van der Waals surface area contributed by atoms with Gasteiger partial charge in [0, 0.05) is 28.7 Å². The maximum Gasteiger partial charge on any atom is 0.186 e. The topological polar surface area (TPSA) is 75.6 Å². The van der Waals surface area contributed by atoms with Gasteiger partial charge in [0.2, 0.25) is 0 Å². The number of fused-ring (bicyclic) bond motifs is 1. The molecule has 0 aliphatic carbocycles. The van der Waals surface area contributed by atoms with Gasteiger partial charge in [-0.15, -0.1) is 0 Å². The van der Waals surface area contributed by atoms with E-state index in [1.54, 1.807) is 11.0 Å². The van der Waals surface area contributed by atoms with Crippen molar-refractivity contribution in [3.8, 4) is 5.69 Å². The molecule has 5 aromatic rings. The number of carbonyl (C=O) groups is 1. The number of nitrogens with one attached hydrogen (secondary N) is 2. The zero-order chi connectivity index (χ0) is 21.9. The zero-order valence-corrected chi connectivity index (χ0v) is 17.6. The molecule has 158 valence electrons. The summed E-state index contributed by atoms with van der Waals surface area (Å²) >= 11 is 0. The molecule has 0 aliphatic heterocycles. The summed E-state index contributed by atoms with van der Waals surface area (Å²) in [5.74, 6) is 0.0414. The molecule has 0 fully saturated rings. The standard InChI is InChI=1S/C26H23N5O/c1-18(19-11-13-21(14-12-19)31-17-27-16-29-31)30-25(20-7-3-2-4-8-20)26(32)23-15-28-24-10-6-5-9-22(23)24/h2-18,25,28,30H,1H3/t18-,25+/m0/s1. The number of nitrogens with zero attached hydrogens (tertiary/aromatic N) is 3. The third kappa shape index (κ3) is 3.84. The number of hydrogen-bond acceptors (Lipinski definition) is 4. The van der Waals surface area contributed by atoms with E-state index in [2.05, 4.69) is 27.3 Å². The van der Waals surface area contributed by atoms with Crippen molar-refractivity contribution in [1.82, 2.24) is 25.1 Å². The van der Waals surface area contributed by atoms with Crippen LogP contribution in [0, 0.1) is 0 Å². The monoisotopic (exact) mass is 421 g/mol. The fourth-order valence-electron chi connectivity index (χ4n) is 4.00. The lowest BCUT2D eigenvalue weighted by molar-refractivity contribution is 0.0938. The van der Waals surface area contributed by atoms with Gasteiger partial charge in [0.05, 0.1) is 11.7 Å². The van der Waals surface area contributed by atoms with Crippen LogP contribution in [0.4, 0.5) is 0 Å². The van der Waals surface area contributed by atoms with E-state index in [1.807, 2.05) is 85.1 Å². The van der Waals surface area contributed by atoms with Crippen molar-refractivity contribution >= 4 is 16.7 Å². The molecule has 2 N–H and O–H groups in total. The van der Waals surface area contributed by atoms with Crippen molar-refractivity contribution in [3.05, 3.63) is 114 Å². The Labute approximate surface area is 185 Å². The Morgan fingerprint density at radius 1 is 0.938 bits per heavy atom. The Morgan fingerprint density at radius 2 is 1.69 bits per heavy atom. The summed E-state index contributed by atoms with van der Waals surface area (Å²) in [7, 11) is 0. The molecule has 0 bridgehead atoms. The molecular formula is C26H23N5O. The van der Waals surface area contributed by atoms with Crippen molar-refractivity contribution in [2.45, 2.75) is 19.0 Å². The molecule has 0 aliphatic rings. The van der Waals surface area contributed by atoms with Crippen LogP contribution in [0.3, 0.4) is 0 Å². The van der Waals surface area contributed by atoms with Gasteiger partial charge in [-0.25, -0.2) is 9.67 Å². The number of ketones is 1. The fourth-order valence-corrected chi connectivity index (χ4v) is 4.00. The second-order valence-electron chi connectivity index (χ2n) is 7.78. The summed E-state index contributed by atoms with van der Waals surface area (Å²) in [4.78, 5) is 20.9. The van der Waals surface area contributed by atoms with Crippen LogP contribution in [0.15, 0.2) is 97.7 Å². The first-order valence-corrected chi connectivity index (χ1v) is 10.6. The Bertz CT molecular complexity index is 1320. The van der Waals surface area contributed by atoms with Gasteiger partial charge < -0.3 is 4.98 Å². The second kappa shape index (κ2) is 8.61. The molecule has 32 heavy (non-hydrogen) atoms. The van der Waals surface area contributed by atoms with E-state index in [0.29, 0.717) is 5.56 Å². The quantitative estimate of drug-likeness (QED) is 0.362. The Balaban J connectivity index is 1.44. The molecule has 0 unspecified atom stereocenters. The Morgan fingerprint density at radius 3 is 2.44 bits per heavy atom. The van der Waals surface area contributed by atoms with E-state index in [0.717, 1.165) is 27.7 Å². The molecule has 0 saturated heterocycles. The maximum atomic E-state index is 13.7. The van der Waals surface area contributed by atoms with Crippen LogP contribution in [-0.4, -0.2) is 25.5 Å². The minimum absolute atomic E-state index is 0.0414. The summed E-state index contributed by atoms with van der Waals surface area (Å²) in [6, 6.07) is 25.3. The van der Waals surface area contributed by atoms with Crippen molar-refractivity contribution in [2.75, 3.05) is 0 Å². The van der Waals surface area contributed by atoms with Crippen LogP contribution in [0.1, 0.15) is 40.5 Å². The number of aromatic amines is 1. The number of Topliss-reactive ketones (excluding diaryl/α,β-unsaturated/α-hetero) is 1. The second-order valence-corrected chi connectivity index (χ2v) is 7.78. The summed E-state index contributed by atoms with van der Waals surface area (Å²) in [6.45, 7) is 2.07. The molecule has 3 aromatic carbocycles. The third-order valence-electron chi connectivity index (χ3n) is 5.74. The molecule has 2 atom stereocenters. The zero-order valence-electron chi connectivity index (χ0n) is 17.6. The largest absolute Gasteiger partial charge is 0.360 e. The average Bonchev–Trinajstić information content (AvgIpc) is 3.53. The highest BCUT2D eigenvalue weighted by Crippen LogP contribution is 2.27. The average molecular weight is 422 g/mol. The van der Waals surface area contributed by atoms with Gasteiger partial charge in [0.25, 0.3) is 0 Å². The number of para-hydroxylation sites is 1. The van der Waals surface area contributed by atoms with Crippen LogP contribution in [0.5, 0.6) is 0 Å². The van der Waals surface area contributed by atoms with E-state index < -0.39 is 6.04 Å². The molecule has 0 spiro atoms. The van der Waals surface area contributed by atoms with Gasteiger partial charge in [-0.05, 0) is 36.2 Å². The van der Waals surface area contributed by atoms with Crippen LogP contribution >= 0.6 is 0 Å². The van der Waals surface area contributed by atoms with Crippen LogP contribution in [0.25, 0.3) is 16.6 Å². The lowest BCUT2D eigenvalue weighted by Gasteiger charge is -2.23. The predicted octanol–water partition coefficient (Wildman–Crippen LogP) is 5.02. The molecule has 6 heteroatoms. The highest BCUT2D eigenvalue weighted by molar-refractivity contribution is 6.10. The Kier molecular flexibility index (Phi) is 5.35. The first-order valence-electron chi connectivity index (χ1n) is 10.6. The van der Waals surface area contributed by atoms with Gasteiger partial charge in [0.15, 0.2) is 5.78 Å². The molecular weight excluding hydrogens is 398 g/mol.